The van der Waals surface area contributed by atoms with E-state index >= 15 is 0 Å². The number of nitrogens with zero attached hydrogens (tertiary/aromatic N) is 1. The fraction of sp³-hybridized carbons (Fsp3) is 0.333. The molecule has 1 amide bonds. The molecule has 1 atom stereocenters. The van der Waals surface area contributed by atoms with Gasteiger partial charge in [0.25, 0.3) is 5.91 Å². The van der Waals surface area contributed by atoms with E-state index in [1.54, 1.807) is 7.11 Å². The molecule has 1 aromatic rings. The van der Waals surface area contributed by atoms with Gasteiger partial charge in [-0.2, -0.15) is 5.26 Å². The normalized spacial score (nSPS) is 12.2. The highest BCUT2D eigenvalue weighted by Gasteiger charge is 2.13. The standard InChI is InChI=1S/C15H18ClN3O2/c1-11(12-3-5-14(21-2)6-4-12)19-15(20)13(9-17)10-18-8-7-16/h3-6,10-11,18H,7-8H2,1-2H3,(H,19,20)/b13-10-. The number of alkyl halides is 1. The fourth-order valence-corrected chi connectivity index (χ4v) is 1.74. The fourth-order valence-electron chi connectivity index (χ4n) is 1.63. The molecular weight excluding hydrogens is 290 g/mol. The first-order chi connectivity index (χ1) is 10.1. The van der Waals surface area contributed by atoms with Gasteiger partial charge in [-0.1, -0.05) is 12.1 Å². The second-order valence-corrected chi connectivity index (χ2v) is 4.66. The van der Waals surface area contributed by atoms with Gasteiger partial charge in [0.1, 0.15) is 17.4 Å². The topological polar surface area (TPSA) is 74.1 Å². The largest absolute Gasteiger partial charge is 0.497 e. The number of carbonyl (C=O) groups is 1. The first-order valence-corrected chi connectivity index (χ1v) is 7.00. The van der Waals surface area contributed by atoms with Gasteiger partial charge < -0.3 is 15.4 Å². The lowest BCUT2D eigenvalue weighted by molar-refractivity contribution is -0.117. The van der Waals surface area contributed by atoms with Gasteiger partial charge in [0.2, 0.25) is 0 Å². The van der Waals surface area contributed by atoms with E-state index in [0.717, 1.165) is 11.3 Å². The van der Waals surface area contributed by atoms with Crippen LogP contribution in [0.3, 0.4) is 0 Å². The Bertz CT molecular complexity index is 535. The Hall–Kier alpha value is -2.19. The molecule has 0 saturated heterocycles. The van der Waals surface area contributed by atoms with Crippen LogP contribution in [0, 0.1) is 11.3 Å². The minimum atomic E-state index is -0.428. The summed E-state index contributed by atoms with van der Waals surface area (Å²) in [6, 6.07) is 9.02. The lowest BCUT2D eigenvalue weighted by atomic mass is 10.1. The molecule has 6 heteroatoms. The summed E-state index contributed by atoms with van der Waals surface area (Å²) < 4.78 is 5.08. The smallest absolute Gasteiger partial charge is 0.263 e. The lowest BCUT2D eigenvalue weighted by Gasteiger charge is -2.14. The molecule has 21 heavy (non-hydrogen) atoms. The molecule has 2 N–H and O–H groups in total. The molecule has 1 rings (SSSR count). The second-order valence-electron chi connectivity index (χ2n) is 4.28. The Kier molecular flexibility index (Phi) is 7.13. The lowest BCUT2D eigenvalue weighted by Crippen LogP contribution is -2.28. The van der Waals surface area contributed by atoms with Crippen LogP contribution in [-0.2, 0) is 4.79 Å². The van der Waals surface area contributed by atoms with Crippen molar-refractivity contribution in [1.82, 2.24) is 10.6 Å². The predicted molar refractivity (Wildman–Crippen MR) is 82.0 cm³/mol. The van der Waals surface area contributed by atoms with E-state index in [0.29, 0.717) is 12.4 Å². The summed E-state index contributed by atoms with van der Waals surface area (Å²) in [4.78, 5) is 12.0. The Morgan fingerprint density at radius 2 is 2.14 bits per heavy atom. The molecule has 0 bridgehead atoms. The van der Waals surface area contributed by atoms with Gasteiger partial charge in [-0.05, 0) is 24.6 Å². The Balaban J connectivity index is 2.67. The Morgan fingerprint density at radius 1 is 1.48 bits per heavy atom. The van der Waals surface area contributed by atoms with Crippen molar-refractivity contribution in [2.24, 2.45) is 0 Å². The summed E-state index contributed by atoms with van der Waals surface area (Å²) in [5.41, 5.74) is 0.940. The molecule has 5 nitrogen and oxygen atoms in total. The Labute approximate surface area is 129 Å². The van der Waals surface area contributed by atoms with Gasteiger partial charge in [-0.3, -0.25) is 4.79 Å². The minimum absolute atomic E-state index is 0.0143. The van der Waals surface area contributed by atoms with E-state index in [9.17, 15) is 4.79 Å². The molecule has 1 aromatic carbocycles. The van der Waals surface area contributed by atoms with Crippen molar-refractivity contribution in [2.45, 2.75) is 13.0 Å². The van der Waals surface area contributed by atoms with Crippen molar-refractivity contribution >= 4 is 17.5 Å². The maximum atomic E-state index is 12.0. The second kappa shape index (κ2) is 8.88. The molecule has 0 heterocycles. The third-order valence-corrected chi connectivity index (χ3v) is 3.00. The Morgan fingerprint density at radius 3 is 2.67 bits per heavy atom. The van der Waals surface area contributed by atoms with E-state index < -0.39 is 5.91 Å². The van der Waals surface area contributed by atoms with Crippen molar-refractivity contribution in [3.05, 3.63) is 41.6 Å². The zero-order chi connectivity index (χ0) is 15.7. The molecular formula is C15H18ClN3O2. The van der Waals surface area contributed by atoms with Gasteiger partial charge >= 0.3 is 0 Å². The van der Waals surface area contributed by atoms with Crippen molar-refractivity contribution in [2.75, 3.05) is 19.5 Å². The molecule has 1 unspecified atom stereocenters. The van der Waals surface area contributed by atoms with Crippen LogP contribution in [0.2, 0.25) is 0 Å². The molecule has 0 radical (unpaired) electrons. The third kappa shape index (κ3) is 5.36. The summed E-state index contributed by atoms with van der Waals surface area (Å²) in [7, 11) is 1.60. The zero-order valence-corrected chi connectivity index (χ0v) is 12.8. The predicted octanol–water partition coefficient (Wildman–Crippen LogP) is 2.11. The number of hydrogen-bond acceptors (Lipinski definition) is 4. The van der Waals surface area contributed by atoms with Gasteiger partial charge in [0, 0.05) is 18.6 Å². The van der Waals surface area contributed by atoms with E-state index in [1.807, 2.05) is 37.3 Å². The summed E-state index contributed by atoms with van der Waals surface area (Å²) in [5.74, 6) is 0.724. The van der Waals surface area contributed by atoms with Crippen LogP contribution in [0.5, 0.6) is 5.75 Å². The summed E-state index contributed by atoms with van der Waals surface area (Å²) >= 11 is 5.51. The molecule has 0 saturated carbocycles. The van der Waals surface area contributed by atoms with Crippen molar-refractivity contribution < 1.29 is 9.53 Å². The SMILES string of the molecule is COc1ccc(C(C)NC(=O)/C(C#N)=C\NCCCl)cc1. The van der Waals surface area contributed by atoms with Gasteiger partial charge in [0.15, 0.2) is 0 Å². The molecule has 0 aliphatic rings. The minimum Gasteiger partial charge on any atom is -0.497 e. The van der Waals surface area contributed by atoms with Crippen LogP contribution in [0.25, 0.3) is 0 Å². The summed E-state index contributed by atoms with van der Waals surface area (Å²) in [6.07, 6.45) is 1.37. The maximum Gasteiger partial charge on any atom is 0.263 e. The number of rotatable bonds is 7. The number of halogens is 1. The maximum absolute atomic E-state index is 12.0. The highest BCUT2D eigenvalue weighted by Crippen LogP contribution is 2.17. The van der Waals surface area contributed by atoms with Gasteiger partial charge in [-0.25, -0.2) is 0 Å². The number of benzene rings is 1. The number of ether oxygens (including phenoxy) is 1. The van der Waals surface area contributed by atoms with Gasteiger partial charge in [-0.15, -0.1) is 11.6 Å². The van der Waals surface area contributed by atoms with E-state index in [2.05, 4.69) is 10.6 Å². The summed E-state index contributed by atoms with van der Waals surface area (Å²) in [6.45, 7) is 2.34. The molecule has 0 spiro atoms. The van der Waals surface area contributed by atoms with E-state index in [1.165, 1.54) is 6.20 Å². The molecule has 0 aliphatic carbocycles. The molecule has 112 valence electrons. The van der Waals surface area contributed by atoms with Crippen LogP contribution in [-0.4, -0.2) is 25.4 Å². The van der Waals surface area contributed by atoms with Gasteiger partial charge in [0.05, 0.1) is 13.2 Å². The van der Waals surface area contributed by atoms with Crippen LogP contribution >= 0.6 is 11.6 Å². The molecule has 0 fully saturated rings. The number of amides is 1. The van der Waals surface area contributed by atoms with Crippen LogP contribution in [0.1, 0.15) is 18.5 Å². The van der Waals surface area contributed by atoms with Crippen molar-refractivity contribution in [1.29, 1.82) is 5.26 Å². The molecule has 0 aliphatic heterocycles. The summed E-state index contributed by atoms with van der Waals surface area (Å²) in [5, 5.41) is 14.5. The first kappa shape index (κ1) is 16.9. The number of nitriles is 1. The zero-order valence-electron chi connectivity index (χ0n) is 12.0. The van der Waals surface area contributed by atoms with Crippen LogP contribution in [0.15, 0.2) is 36.0 Å². The van der Waals surface area contributed by atoms with Crippen molar-refractivity contribution in [3.8, 4) is 11.8 Å². The molecule has 0 aromatic heterocycles. The third-order valence-electron chi connectivity index (χ3n) is 2.81. The van der Waals surface area contributed by atoms with E-state index in [-0.39, 0.29) is 11.6 Å². The highest BCUT2D eigenvalue weighted by molar-refractivity contribution is 6.18. The van der Waals surface area contributed by atoms with Crippen LogP contribution in [0.4, 0.5) is 0 Å². The van der Waals surface area contributed by atoms with E-state index in [4.69, 9.17) is 21.6 Å². The average Bonchev–Trinajstić information content (AvgIpc) is 2.51. The number of hydrogen-bond donors (Lipinski definition) is 2. The monoisotopic (exact) mass is 307 g/mol. The highest BCUT2D eigenvalue weighted by atomic mass is 35.5. The number of carbonyl (C=O) groups excluding carboxylic acids is 1. The first-order valence-electron chi connectivity index (χ1n) is 6.46. The number of nitrogens with one attached hydrogen (secondary N) is 2. The number of methoxy groups -OCH3 is 1. The van der Waals surface area contributed by atoms with Crippen molar-refractivity contribution in [3.63, 3.8) is 0 Å². The average molecular weight is 308 g/mol. The van der Waals surface area contributed by atoms with Crippen LogP contribution < -0.4 is 15.4 Å². The quantitative estimate of drug-likeness (QED) is 0.350.